The summed E-state index contributed by atoms with van der Waals surface area (Å²) in [4.78, 5) is 26.6. The van der Waals surface area contributed by atoms with Crippen LogP contribution in [0, 0.1) is 6.92 Å². The Hall–Kier alpha value is -2.47. The van der Waals surface area contributed by atoms with Gasteiger partial charge in [-0.05, 0) is 37.8 Å². The summed E-state index contributed by atoms with van der Waals surface area (Å²) >= 11 is 1.57. The van der Waals surface area contributed by atoms with Gasteiger partial charge >= 0.3 is 0 Å². The summed E-state index contributed by atoms with van der Waals surface area (Å²) in [5.74, 6) is 0.834. The van der Waals surface area contributed by atoms with Crippen molar-refractivity contribution in [3.63, 3.8) is 0 Å². The second kappa shape index (κ2) is 8.27. The van der Waals surface area contributed by atoms with Crippen molar-refractivity contribution in [2.75, 3.05) is 23.3 Å². The van der Waals surface area contributed by atoms with Gasteiger partial charge in [0, 0.05) is 23.7 Å². The average Bonchev–Trinajstić information content (AvgIpc) is 2.87. The molecule has 2 aromatic heterocycles. The molecule has 1 aliphatic heterocycles. The summed E-state index contributed by atoms with van der Waals surface area (Å²) < 4.78 is 0. The lowest BCUT2D eigenvalue weighted by Crippen LogP contribution is -2.25. The monoisotopic (exact) mass is 394 g/mol. The smallest absolute Gasteiger partial charge is 0.257 e. The Bertz CT molecular complexity index is 989. The number of carbonyl (C=O) groups is 1. The van der Waals surface area contributed by atoms with E-state index in [4.69, 9.17) is 0 Å². The number of aryl methyl sites for hydroxylation is 2. The van der Waals surface area contributed by atoms with Crippen molar-refractivity contribution in [2.24, 2.45) is 0 Å². The number of hydrogen-bond acceptors (Lipinski definition) is 5. The van der Waals surface area contributed by atoms with Crippen LogP contribution in [0.25, 0.3) is 10.2 Å². The number of benzene rings is 1. The largest absolute Gasteiger partial charge is 0.356 e. The van der Waals surface area contributed by atoms with Crippen LogP contribution in [-0.4, -0.2) is 29.0 Å². The molecule has 1 fully saturated rings. The Morgan fingerprint density at radius 1 is 1.14 bits per heavy atom. The van der Waals surface area contributed by atoms with E-state index in [1.54, 1.807) is 17.7 Å². The lowest BCUT2D eigenvalue weighted by atomic mass is 10.1. The van der Waals surface area contributed by atoms with Gasteiger partial charge < -0.3 is 10.2 Å². The van der Waals surface area contributed by atoms with Gasteiger partial charge in [0.15, 0.2) is 0 Å². The highest BCUT2D eigenvalue weighted by atomic mass is 32.1. The Labute approximate surface area is 169 Å². The molecule has 0 bridgehead atoms. The number of aromatic nitrogens is 2. The topological polar surface area (TPSA) is 58.1 Å². The quantitative estimate of drug-likeness (QED) is 0.661. The lowest BCUT2D eigenvalue weighted by Gasteiger charge is -2.22. The van der Waals surface area contributed by atoms with Crippen LogP contribution in [0.2, 0.25) is 0 Å². The number of fused-ring (bicyclic) bond motifs is 1. The minimum Gasteiger partial charge on any atom is -0.356 e. The molecular formula is C22H26N4OS. The molecule has 1 aliphatic rings. The number of carbonyl (C=O) groups excluding carboxylic acids is 1. The van der Waals surface area contributed by atoms with Crippen molar-refractivity contribution < 1.29 is 4.79 Å². The predicted octanol–water partition coefficient (Wildman–Crippen LogP) is 5.19. The first-order chi connectivity index (χ1) is 13.7. The molecule has 146 valence electrons. The molecule has 1 N–H and O–H groups in total. The van der Waals surface area contributed by atoms with E-state index in [0.29, 0.717) is 5.56 Å². The number of amides is 1. The third-order valence-corrected chi connectivity index (χ3v) is 6.44. The van der Waals surface area contributed by atoms with Gasteiger partial charge in [-0.1, -0.05) is 38.0 Å². The molecule has 28 heavy (non-hydrogen) atoms. The van der Waals surface area contributed by atoms with Gasteiger partial charge in [0.25, 0.3) is 5.91 Å². The molecule has 6 heteroatoms. The first kappa shape index (κ1) is 18.9. The fourth-order valence-corrected chi connectivity index (χ4v) is 4.94. The molecule has 0 atom stereocenters. The van der Waals surface area contributed by atoms with Crippen molar-refractivity contribution >= 4 is 39.0 Å². The summed E-state index contributed by atoms with van der Waals surface area (Å²) in [7, 11) is 0. The summed E-state index contributed by atoms with van der Waals surface area (Å²) in [6.07, 6.45) is 7.36. The fourth-order valence-electron chi connectivity index (χ4n) is 3.96. The highest BCUT2D eigenvalue weighted by Crippen LogP contribution is 2.36. The third kappa shape index (κ3) is 3.61. The number of nitrogens with one attached hydrogen (secondary N) is 1. The highest BCUT2D eigenvalue weighted by Gasteiger charge is 2.24. The van der Waals surface area contributed by atoms with Crippen LogP contribution in [-0.2, 0) is 6.42 Å². The molecule has 0 spiro atoms. The molecule has 0 radical (unpaired) electrons. The van der Waals surface area contributed by atoms with E-state index in [1.807, 2.05) is 25.1 Å². The number of hydrogen-bond donors (Lipinski definition) is 1. The number of para-hydroxylation sites is 1. The zero-order valence-corrected chi connectivity index (χ0v) is 17.3. The van der Waals surface area contributed by atoms with Crippen LogP contribution < -0.4 is 10.2 Å². The SMILES string of the molecule is CCc1ccccc1NC(=O)c1c(C)sc2ncnc(N3CCCCCC3)c12. The average molecular weight is 395 g/mol. The molecule has 1 amide bonds. The maximum Gasteiger partial charge on any atom is 0.257 e. The zero-order chi connectivity index (χ0) is 19.5. The standard InChI is InChI=1S/C22H26N4OS/c1-3-16-10-6-7-11-17(16)25-21(27)18-15(2)28-22-19(18)20(23-14-24-22)26-12-8-4-5-9-13-26/h6-7,10-11,14H,3-5,8-9,12-13H2,1-2H3,(H,25,27). The number of rotatable bonds is 4. The van der Waals surface area contributed by atoms with E-state index in [0.717, 1.165) is 51.7 Å². The molecule has 1 saturated heterocycles. The van der Waals surface area contributed by atoms with Gasteiger partial charge in [-0.15, -0.1) is 11.3 Å². The highest BCUT2D eigenvalue weighted by molar-refractivity contribution is 7.19. The van der Waals surface area contributed by atoms with E-state index in [9.17, 15) is 4.79 Å². The van der Waals surface area contributed by atoms with E-state index in [1.165, 1.54) is 25.7 Å². The molecule has 5 nitrogen and oxygen atoms in total. The van der Waals surface area contributed by atoms with E-state index in [-0.39, 0.29) is 5.91 Å². The van der Waals surface area contributed by atoms with Crippen molar-refractivity contribution in [2.45, 2.75) is 46.0 Å². The van der Waals surface area contributed by atoms with Gasteiger partial charge in [-0.2, -0.15) is 0 Å². The van der Waals surface area contributed by atoms with Crippen LogP contribution in [0.5, 0.6) is 0 Å². The van der Waals surface area contributed by atoms with Crippen molar-refractivity contribution in [3.05, 3.63) is 46.6 Å². The Morgan fingerprint density at radius 2 is 1.89 bits per heavy atom. The Morgan fingerprint density at radius 3 is 2.64 bits per heavy atom. The van der Waals surface area contributed by atoms with Crippen molar-refractivity contribution in [1.82, 2.24) is 9.97 Å². The van der Waals surface area contributed by atoms with Gasteiger partial charge in [0.2, 0.25) is 0 Å². The first-order valence-corrected chi connectivity index (χ1v) is 10.9. The minimum atomic E-state index is -0.0736. The summed E-state index contributed by atoms with van der Waals surface area (Å²) in [6, 6.07) is 7.98. The Balaban J connectivity index is 1.76. The molecule has 0 saturated carbocycles. The second-order valence-electron chi connectivity index (χ2n) is 7.28. The van der Waals surface area contributed by atoms with Crippen LogP contribution >= 0.6 is 11.3 Å². The Kier molecular flexibility index (Phi) is 5.57. The van der Waals surface area contributed by atoms with Crippen LogP contribution in [0.4, 0.5) is 11.5 Å². The molecule has 1 aromatic carbocycles. The summed E-state index contributed by atoms with van der Waals surface area (Å²) in [6.45, 7) is 6.07. The van der Waals surface area contributed by atoms with Gasteiger partial charge in [0.1, 0.15) is 17.0 Å². The molecule has 3 heterocycles. The van der Waals surface area contributed by atoms with Gasteiger partial charge in [-0.25, -0.2) is 9.97 Å². The van der Waals surface area contributed by atoms with E-state index >= 15 is 0 Å². The third-order valence-electron chi connectivity index (χ3n) is 5.42. The lowest BCUT2D eigenvalue weighted by molar-refractivity contribution is 0.102. The number of nitrogens with zero attached hydrogens (tertiary/aromatic N) is 3. The second-order valence-corrected chi connectivity index (χ2v) is 8.48. The number of anilines is 2. The van der Waals surface area contributed by atoms with Crippen LogP contribution in [0.3, 0.4) is 0 Å². The maximum absolute atomic E-state index is 13.3. The van der Waals surface area contributed by atoms with Crippen LogP contribution in [0.1, 0.15) is 53.4 Å². The molecule has 0 aliphatic carbocycles. The maximum atomic E-state index is 13.3. The fraction of sp³-hybridized carbons (Fsp3) is 0.409. The summed E-state index contributed by atoms with van der Waals surface area (Å²) in [5.41, 5.74) is 2.73. The van der Waals surface area contributed by atoms with Gasteiger partial charge in [0.05, 0.1) is 10.9 Å². The molecule has 3 aromatic rings. The van der Waals surface area contributed by atoms with E-state index in [2.05, 4.69) is 33.2 Å². The van der Waals surface area contributed by atoms with Crippen molar-refractivity contribution in [3.8, 4) is 0 Å². The summed E-state index contributed by atoms with van der Waals surface area (Å²) in [5, 5.41) is 4.03. The molecule has 4 rings (SSSR count). The zero-order valence-electron chi connectivity index (χ0n) is 16.5. The molecular weight excluding hydrogens is 368 g/mol. The van der Waals surface area contributed by atoms with Crippen molar-refractivity contribution in [1.29, 1.82) is 0 Å². The minimum absolute atomic E-state index is 0.0736. The normalized spacial score (nSPS) is 14.9. The predicted molar refractivity (Wildman–Crippen MR) is 117 cm³/mol. The van der Waals surface area contributed by atoms with E-state index < -0.39 is 0 Å². The molecule has 0 unspecified atom stereocenters. The number of thiophene rings is 1. The first-order valence-electron chi connectivity index (χ1n) is 10.1. The van der Waals surface area contributed by atoms with Gasteiger partial charge in [-0.3, -0.25) is 4.79 Å². The van der Waals surface area contributed by atoms with Crippen LogP contribution in [0.15, 0.2) is 30.6 Å².